The van der Waals surface area contributed by atoms with E-state index in [0.717, 1.165) is 24.3 Å². The quantitative estimate of drug-likeness (QED) is 0.865. The van der Waals surface area contributed by atoms with Crippen LogP contribution in [0.25, 0.3) is 0 Å². The summed E-state index contributed by atoms with van der Waals surface area (Å²) < 4.78 is 0. The number of nitrogens with one attached hydrogen (secondary N) is 1. The minimum absolute atomic E-state index is 0.0436. The monoisotopic (exact) mass is 253 g/mol. The Bertz CT molecular complexity index is 412. The van der Waals surface area contributed by atoms with Crippen LogP contribution in [0.5, 0.6) is 0 Å². The Morgan fingerprint density at radius 2 is 2.47 bits per heavy atom. The standard InChI is InChI=1S/C13H19NO2S/c1-8-3-4-10-11(7-17-12(10)5-8)13(16)14-6-9(2)15/h7-9,15H,3-6H2,1-2H3,(H,14,16)/t8?,9-/m1/s1. The van der Waals surface area contributed by atoms with E-state index in [1.165, 1.54) is 16.9 Å². The van der Waals surface area contributed by atoms with Gasteiger partial charge in [-0.15, -0.1) is 11.3 Å². The van der Waals surface area contributed by atoms with Gasteiger partial charge in [0.2, 0.25) is 0 Å². The van der Waals surface area contributed by atoms with E-state index >= 15 is 0 Å². The largest absolute Gasteiger partial charge is 0.392 e. The molecule has 1 amide bonds. The molecule has 4 heteroatoms. The second-order valence-corrected chi connectivity index (χ2v) is 5.92. The zero-order valence-electron chi connectivity index (χ0n) is 10.3. The van der Waals surface area contributed by atoms with Gasteiger partial charge in [0.25, 0.3) is 5.91 Å². The minimum atomic E-state index is -0.492. The fourth-order valence-electron chi connectivity index (χ4n) is 2.20. The van der Waals surface area contributed by atoms with Gasteiger partial charge in [-0.25, -0.2) is 0 Å². The number of hydrogen-bond acceptors (Lipinski definition) is 3. The molecule has 1 heterocycles. The molecule has 1 aliphatic carbocycles. The van der Waals surface area contributed by atoms with Crippen LogP contribution < -0.4 is 5.32 Å². The van der Waals surface area contributed by atoms with Crippen molar-refractivity contribution in [2.24, 2.45) is 5.92 Å². The normalized spacial score (nSPS) is 20.8. The van der Waals surface area contributed by atoms with E-state index < -0.39 is 6.10 Å². The van der Waals surface area contributed by atoms with Crippen LogP contribution in [0.15, 0.2) is 5.38 Å². The maximum absolute atomic E-state index is 11.9. The van der Waals surface area contributed by atoms with Crippen LogP contribution in [0.4, 0.5) is 0 Å². The van der Waals surface area contributed by atoms with E-state index in [4.69, 9.17) is 5.11 Å². The number of amides is 1. The van der Waals surface area contributed by atoms with Gasteiger partial charge >= 0.3 is 0 Å². The summed E-state index contributed by atoms with van der Waals surface area (Å²) in [6.45, 7) is 4.25. The molecule has 1 aromatic heterocycles. The first-order valence-corrected chi connectivity index (χ1v) is 7.01. The predicted octanol–water partition coefficient (Wildman–Crippen LogP) is 1.98. The third-order valence-corrected chi connectivity index (χ3v) is 4.26. The molecule has 0 spiro atoms. The number of thiophene rings is 1. The van der Waals surface area contributed by atoms with E-state index in [-0.39, 0.29) is 5.91 Å². The number of aliphatic hydroxyl groups is 1. The summed E-state index contributed by atoms with van der Waals surface area (Å²) >= 11 is 1.69. The van der Waals surface area contributed by atoms with Gasteiger partial charge in [-0.3, -0.25) is 4.79 Å². The summed E-state index contributed by atoms with van der Waals surface area (Å²) in [6, 6.07) is 0. The Balaban J connectivity index is 2.09. The molecule has 2 atom stereocenters. The highest BCUT2D eigenvalue weighted by Gasteiger charge is 2.22. The Morgan fingerprint density at radius 1 is 1.71 bits per heavy atom. The molecule has 0 fully saturated rings. The van der Waals surface area contributed by atoms with Crippen molar-refractivity contribution in [2.75, 3.05) is 6.54 Å². The van der Waals surface area contributed by atoms with Crippen molar-refractivity contribution < 1.29 is 9.90 Å². The topological polar surface area (TPSA) is 49.3 Å². The third-order valence-electron chi connectivity index (χ3n) is 3.20. The van der Waals surface area contributed by atoms with Crippen LogP contribution in [0.1, 0.15) is 41.1 Å². The summed E-state index contributed by atoms with van der Waals surface area (Å²) in [4.78, 5) is 13.3. The van der Waals surface area contributed by atoms with E-state index in [2.05, 4.69) is 12.2 Å². The van der Waals surface area contributed by atoms with Crippen molar-refractivity contribution in [2.45, 2.75) is 39.2 Å². The molecule has 2 rings (SSSR count). The number of fused-ring (bicyclic) bond motifs is 1. The predicted molar refractivity (Wildman–Crippen MR) is 69.5 cm³/mol. The second-order valence-electron chi connectivity index (χ2n) is 4.96. The first-order chi connectivity index (χ1) is 8.08. The number of hydrogen-bond donors (Lipinski definition) is 2. The summed E-state index contributed by atoms with van der Waals surface area (Å²) in [5.41, 5.74) is 2.05. The lowest BCUT2D eigenvalue weighted by Crippen LogP contribution is -2.31. The second kappa shape index (κ2) is 5.19. The average Bonchev–Trinajstić information content (AvgIpc) is 2.68. The molecule has 1 aliphatic rings. The number of rotatable bonds is 3. The molecule has 2 N–H and O–H groups in total. The van der Waals surface area contributed by atoms with Crippen molar-refractivity contribution in [3.8, 4) is 0 Å². The van der Waals surface area contributed by atoms with Crippen molar-refractivity contribution >= 4 is 17.2 Å². The molecular weight excluding hydrogens is 234 g/mol. The Hall–Kier alpha value is -0.870. The molecule has 17 heavy (non-hydrogen) atoms. The molecule has 0 saturated carbocycles. The zero-order valence-corrected chi connectivity index (χ0v) is 11.1. The fourth-order valence-corrected chi connectivity index (χ4v) is 3.45. The van der Waals surface area contributed by atoms with E-state index in [0.29, 0.717) is 6.54 Å². The highest BCUT2D eigenvalue weighted by atomic mass is 32.1. The van der Waals surface area contributed by atoms with Crippen molar-refractivity contribution in [1.29, 1.82) is 0 Å². The average molecular weight is 253 g/mol. The SMILES string of the molecule is CC1CCc2c(C(=O)NC[C@@H](C)O)csc2C1. The van der Waals surface area contributed by atoms with E-state index in [1.807, 2.05) is 5.38 Å². The molecule has 1 unspecified atom stereocenters. The summed E-state index contributed by atoms with van der Waals surface area (Å²) in [5, 5.41) is 13.9. The fraction of sp³-hybridized carbons (Fsp3) is 0.615. The lowest BCUT2D eigenvalue weighted by Gasteiger charge is -2.18. The summed E-state index contributed by atoms with van der Waals surface area (Å²) in [5.74, 6) is 0.687. The van der Waals surface area contributed by atoms with Gasteiger partial charge in [-0.2, -0.15) is 0 Å². The number of carbonyl (C=O) groups excluding carboxylic acids is 1. The van der Waals surface area contributed by atoms with Crippen LogP contribution >= 0.6 is 11.3 Å². The smallest absolute Gasteiger partial charge is 0.252 e. The van der Waals surface area contributed by atoms with Crippen LogP contribution in [0.2, 0.25) is 0 Å². The minimum Gasteiger partial charge on any atom is -0.392 e. The van der Waals surface area contributed by atoms with E-state index in [9.17, 15) is 4.79 Å². The molecule has 94 valence electrons. The van der Waals surface area contributed by atoms with Crippen molar-refractivity contribution in [3.63, 3.8) is 0 Å². The number of aliphatic hydroxyl groups excluding tert-OH is 1. The van der Waals surface area contributed by atoms with Gasteiger partial charge in [0.15, 0.2) is 0 Å². The maximum atomic E-state index is 11.9. The van der Waals surface area contributed by atoms with Crippen LogP contribution in [-0.2, 0) is 12.8 Å². The molecule has 0 aromatic carbocycles. The van der Waals surface area contributed by atoms with Gasteiger partial charge < -0.3 is 10.4 Å². The van der Waals surface area contributed by atoms with Gasteiger partial charge in [0.1, 0.15) is 0 Å². The molecule has 3 nitrogen and oxygen atoms in total. The first-order valence-electron chi connectivity index (χ1n) is 6.13. The molecule has 0 saturated heterocycles. The highest BCUT2D eigenvalue weighted by Crippen LogP contribution is 2.32. The molecular formula is C13H19NO2S. The van der Waals surface area contributed by atoms with Gasteiger partial charge in [-0.1, -0.05) is 6.92 Å². The van der Waals surface area contributed by atoms with Gasteiger partial charge in [0.05, 0.1) is 11.7 Å². The molecule has 0 radical (unpaired) electrons. The Kier molecular flexibility index (Phi) is 3.84. The van der Waals surface area contributed by atoms with Crippen LogP contribution in [0.3, 0.4) is 0 Å². The molecule has 0 aliphatic heterocycles. The third kappa shape index (κ3) is 2.87. The van der Waals surface area contributed by atoms with Gasteiger partial charge in [-0.05, 0) is 37.7 Å². The van der Waals surface area contributed by atoms with Gasteiger partial charge in [0, 0.05) is 16.8 Å². The Labute approximate surface area is 106 Å². The molecule has 0 bridgehead atoms. The maximum Gasteiger partial charge on any atom is 0.252 e. The van der Waals surface area contributed by atoms with Crippen molar-refractivity contribution in [1.82, 2.24) is 5.32 Å². The van der Waals surface area contributed by atoms with Crippen LogP contribution in [-0.4, -0.2) is 23.7 Å². The van der Waals surface area contributed by atoms with Crippen LogP contribution in [0, 0.1) is 5.92 Å². The van der Waals surface area contributed by atoms with Crippen molar-refractivity contribution in [3.05, 3.63) is 21.4 Å². The highest BCUT2D eigenvalue weighted by molar-refractivity contribution is 7.10. The van der Waals surface area contributed by atoms with E-state index in [1.54, 1.807) is 18.3 Å². The summed E-state index contributed by atoms with van der Waals surface area (Å²) in [7, 11) is 0. The zero-order chi connectivity index (χ0) is 12.4. The molecule has 1 aromatic rings. The number of carbonyl (C=O) groups is 1. The summed E-state index contributed by atoms with van der Waals surface area (Å²) in [6.07, 6.45) is 2.79. The first kappa shape index (κ1) is 12.6. The lowest BCUT2D eigenvalue weighted by molar-refractivity contribution is 0.0923. The Morgan fingerprint density at radius 3 is 3.18 bits per heavy atom. The lowest BCUT2D eigenvalue weighted by atomic mass is 9.88.